The van der Waals surface area contributed by atoms with Crippen molar-refractivity contribution in [2.45, 2.75) is 44.6 Å². The van der Waals surface area contributed by atoms with Gasteiger partial charge in [-0.3, -0.25) is 9.79 Å². The van der Waals surface area contributed by atoms with Crippen LogP contribution in [0.1, 0.15) is 44.6 Å². The van der Waals surface area contributed by atoms with E-state index in [1.165, 1.54) is 29.9 Å². The lowest BCUT2D eigenvalue weighted by atomic mass is 9.86. The van der Waals surface area contributed by atoms with E-state index in [2.05, 4.69) is 9.89 Å². The number of carbonyl (C=O) groups is 1. The fourth-order valence-electron chi connectivity index (χ4n) is 3.60. The number of furan rings is 1. The minimum Gasteiger partial charge on any atom is -0.472 e. The molecule has 1 unspecified atom stereocenters. The SMILES string of the molecule is CC(=O)C1(c2ccoc2)CN=C2SC3=C(CCCCC3)N21. The molecule has 0 spiro atoms. The molecule has 1 atom stereocenters. The zero-order valence-corrected chi connectivity index (χ0v) is 12.9. The number of rotatable bonds is 2. The molecule has 0 N–H and O–H groups in total. The summed E-state index contributed by atoms with van der Waals surface area (Å²) in [5, 5.41) is 0.998. The van der Waals surface area contributed by atoms with Crippen molar-refractivity contribution in [3.8, 4) is 0 Å². The maximum atomic E-state index is 12.6. The molecule has 0 radical (unpaired) electrons. The van der Waals surface area contributed by atoms with Gasteiger partial charge in [-0.1, -0.05) is 18.2 Å². The molecule has 0 aromatic carbocycles. The molecule has 0 saturated heterocycles. The zero-order valence-electron chi connectivity index (χ0n) is 12.1. The molecule has 110 valence electrons. The molecule has 21 heavy (non-hydrogen) atoms. The van der Waals surface area contributed by atoms with Crippen LogP contribution in [0.4, 0.5) is 0 Å². The number of ketones is 1. The second-order valence-corrected chi connectivity index (χ2v) is 6.96. The van der Waals surface area contributed by atoms with E-state index in [1.807, 2.05) is 6.07 Å². The molecule has 5 heteroatoms. The Labute approximate surface area is 128 Å². The maximum absolute atomic E-state index is 12.6. The zero-order chi connectivity index (χ0) is 14.4. The van der Waals surface area contributed by atoms with E-state index in [4.69, 9.17) is 4.42 Å². The van der Waals surface area contributed by atoms with E-state index >= 15 is 0 Å². The molecule has 4 rings (SSSR count). The van der Waals surface area contributed by atoms with Crippen molar-refractivity contribution in [1.82, 2.24) is 4.90 Å². The molecule has 1 aromatic heterocycles. The molecule has 1 aromatic rings. The van der Waals surface area contributed by atoms with Crippen molar-refractivity contribution in [3.63, 3.8) is 0 Å². The fraction of sp³-hybridized carbons (Fsp3) is 0.500. The van der Waals surface area contributed by atoms with Gasteiger partial charge in [0.05, 0.1) is 19.1 Å². The minimum atomic E-state index is -0.684. The Hall–Kier alpha value is -1.49. The van der Waals surface area contributed by atoms with E-state index in [-0.39, 0.29) is 5.78 Å². The van der Waals surface area contributed by atoms with E-state index in [9.17, 15) is 4.79 Å². The molecule has 2 aliphatic heterocycles. The smallest absolute Gasteiger partial charge is 0.169 e. The number of thioether (sulfide) groups is 1. The van der Waals surface area contributed by atoms with Crippen LogP contribution in [-0.4, -0.2) is 22.4 Å². The first-order valence-electron chi connectivity index (χ1n) is 7.52. The Balaban J connectivity index is 1.84. The number of fused-ring (bicyclic) bond motifs is 2. The van der Waals surface area contributed by atoms with Crippen molar-refractivity contribution in [3.05, 3.63) is 34.8 Å². The van der Waals surface area contributed by atoms with Crippen LogP contribution >= 0.6 is 11.8 Å². The van der Waals surface area contributed by atoms with E-state index in [0.717, 1.165) is 23.6 Å². The summed E-state index contributed by atoms with van der Waals surface area (Å²) in [5.74, 6) is 0.140. The van der Waals surface area contributed by atoms with Gasteiger partial charge in [0, 0.05) is 16.2 Å². The second kappa shape index (κ2) is 4.77. The molecule has 0 amide bonds. The molecule has 0 fully saturated rings. The highest BCUT2D eigenvalue weighted by molar-refractivity contribution is 8.17. The summed E-state index contributed by atoms with van der Waals surface area (Å²) in [5.41, 5.74) is 1.56. The summed E-state index contributed by atoms with van der Waals surface area (Å²) in [4.78, 5) is 20.9. The van der Waals surface area contributed by atoms with E-state index in [0.29, 0.717) is 6.54 Å². The van der Waals surface area contributed by atoms with Crippen LogP contribution in [0, 0.1) is 0 Å². The summed E-state index contributed by atoms with van der Waals surface area (Å²) in [7, 11) is 0. The summed E-state index contributed by atoms with van der Waals surface area (Å²) >= 11 is 1.77. The average molecular weight is 302 g/mol. The van der Waals surface area contributed by atoms with Crippen LogP contribution in [-0.2, 0) is 10.3 Å². The van der Waals surface area contributed by atoms with Crippen LogP contribution < -0.4 is 0 Å². The van der Waals surface area contributed by atoms with Crippen molar-refractivity contribution >= 4 is 22.7 Å². The number of allylic oxidation sites excluding steroid dienone is 2. The molecule has 3 heterocycles. The Morgan fingerprint density at radius 3 is 3.00 bits per heavy atom. The number of nitrogens with zero attached hydrogens (tertiary/aromatic N) is 2. The van der Waals surface area contributed by atoms with Gasteiger partial charge < -0.3 is 9.32 Å². The molecule has 3 aliphatic rings. The highest BCUT2D eigenvalue weighted by Crippen LogP contribution is 2.51. The van der Waals surface area contributed by atoms with Gasteiger partial charge in [-0.05, 0) is 38.7 Å². The summed E-state index contributed by atoms with van der Waals surface area (Å²) in [6.45, 7) is 2.17. The van der Waals surface area contributed by atoms with E-state index < -0.39 is 5.54 Å². The number of amidine groups is 1. The van der Waals surface area contributed by atoms with Gasteiger partial charge in [-0.2, -0.15) is 0 Å². The number of hydrogen-bond acceptors (Lipinski definition) is 5. The van der Waals surface area contributed by atoms with Crippen molar-refractivity contribution in [2.75, 3.05) is 6.54 Å². The molecular formula is C16H18N2O2S. The van der Waals surface area contributed by atoms with Gasteiger partial charge in [-0.25, -0.2) is 0 Å². The molecule has 0 saturated carbocycles. The monoisotopic (exact) mass is 302 g/mol. The van der Waals surface area contributed by atoms with Crippen LogP contribution in [0.15, 0.2) is 38.6 Å². The first-order chi connectivity index (χ1) is 10.2. The number of Topliss-reactive ketones (excluding diaryl/α,β-unsaturated/α-hetero) is 1. The normalized spacial score (nSPS) is 28.2. The lowest BCUT2D eigenvalue weighted by molar-refractivity contribution is -0.125. The minimum absolute atomic E-state index is 0.140. The first-order valence-corrected chi connectivity index (χ1v) is 8.33. The largest absolute Gasteiger partial charge is 0.472 e. The van der Waals surface area contributed by atoms with Crippen LogP contribution in [0.5, 0.6) is 0 Å². The quantitative estimate of drug-likeness (QED) is 0.836. The summed E-state index contributed by atoms with van der Waals surface area (Å²) in [6, 6.07) is 1.90. The standard InChI is InChI=1S/C16H18N2O2S/c1-11(19)16(12-7-8-20-9-12)10-17-15-18(16)13-5-3-2-4-6-14(13)21-15/h7-9H,2-6,10H2,1H3. The Kier molecular flexibility index (Phi) is 2.99. The van der Waals surface area contributed by atoms with Gasteiger partial charge in [-0.15, -0.1) is 0 Å². The fourth-order valence-corrected chi connectivity index (χ4v) is 4.86. The van der Waals surface area contributed by atoms with Crippen molar-refractivity contribution in [1.29, 1.82) is 0 Å². The summed E-state index contributed by atoms with van der Waals surface area (Å²) in [6.07, 6.45) is 9.22. The van der Waals surface area contributed by atoms with Crippen LogP contribution in [0.3, 0.4) is 0 Å². The molecule has 1 aliphatic carbocycles. The van der Waals surface area contributed by atoms with Gasteiger partial charge in [0.15, 0.2) is 16.5 Å². The van der Waals surface area contributed by atoms with Gasteiger partial charge in [0.25, 0.3) is 0 Å². The van der Waals surface area contributed by atoms with Crippen LogP contribution in [0.2, 0.25) is 0 Å². The van der Waals surface area contributed by atoms with Gasteiger partial charge >= 0.3 is 0 Å². The Morgan fingerprint density at radius 2 is 2.24 bits per heavy atom. The predicted molar refractivity (Wildman–Crippen MR) is 82.9 cm³/mol. The third kappa shape index (κ3) is 1.76. The van der Waals surface area contributed by atoms with Gasteiger partial charge in [0.2, 0.25) is 0 Å². The van der Waals surface area contributed by atoms with Crippen molar-refractivity contribution in [2.24, 2.45) is 4.99 Å². The number of carbonyl (C=O) groups excluding carboxylic acids is 1. The maximum Gasteiger partial charge on any atom is 0.169 e. The highest BCUT2D eigenvalue weighted by Gasteiger charge is 2.53. The molecular weight excluding hydrogens is 284 g/mol. The molecule has 0 bridgehead atoms. The number of hydrogen-bond donors (Lipinski definition) is 0. The summed E-state index contributed by atoms with van der Waals surface area (Å²) < 4.78 is 5.26. The van der Waals surface area contributed by atoms with E-state index in [1.54, 1.807) is 31.2 Å². The predicted octanol–water partition coefficient (Wildman–Crippen LogP) is 3.66. The lowest BCUT2D eigenvalue weighted by Crippen LogP contribution is -2.49. The van der Waals surface area contributed by atoms with Crippen molar-refractivity contribution < 1.29 is 9.21 Å². The van der Waals surface area contributed by atoms with Crippen LogP contribution in [0.25, 0.3) is 0 Å². The average Bonchev–Trinajstić information content (AvgIpc) is 3.13. The third-order valence-corrected chi connectivity index (χ3v) is 5.90. The Morgan fingerprint density at radius 1 is 1.38 bits per heavy atom. The second-order valence-electron chi connectivity index (χ2n) is 5.90. The lowest BCUT2D eigenvalue weighted by Gasteiger charge is -2.36. The number of aliphatic imine (C=N–C) groups is 1. The van der Waals surface area contributed by atoms with Gasteiger partial charge in [0.1, 0.15) is 0 Å². The first kappa shape index (κ1) is 13.2. The Bertz CT molecular complexity index is 647. The topological polar surface area (TPSA) is 45.8 Å². The molecule has 4 nitrogen and oxygen atoms in total. The highest BCUT2D eigenvalue weighted by atomic mass is 32.2. The third-order valence-electron chi connectivity index (χ3n) is 4.72.